The Hall–Kier alpha value is -3.98. The number of ketones is 2. The summed E-state index contributed by atoms with van der Waals surface area (Å²) in [5, 5.41) is 10.3. The van der Waals surface area contributed by atoms with Crippen LogP contribution in [-0.4, -0.2) is 42.7 Å². The number of phenols is 1. The molecule has 2 aromatic rings. The van der Waals surface area contributed by atoms with Crippen molar-refractivity contribution in [2.75, 3.05) is 19.1 Å². The highest BCUT2D eigenvalue weighted by Gasteiger charge is 2.57. The highest BCUT2D eigenvalue weighted by Crippen LogP contribution is 2.58. The van der Waals surface area contributed by atoms with Gasteiger partial charge < -0.3 is 14.6 Å². The summed E-state index contributed by atoms with van der Waals surface area (Å²) in [6.07, 6.45) is 3.76. The van der Waals surface area contributed by atoms with Gasteiger partial charge in [0.1, 0.15) is 17.2 Å². The third-order valence-electron chi connectivity index (χ3n) is 8.47. The first kappa shape index (κ1) is 26.3. The number of anilines is 1. The second kappa shape index (κ2) is 9.59. The number of allylic oxidation sites excluding steroid dienone is 6. The van der Waals surface area contributed by atoms with E-state index in [0.29, 0.717) is 34.4 Å². The fraction of sp³-hybridized carbons (Fsp3) is 0.290. The van der Waals surface area contributed by atoms with Crippen LogP contribution in [0.1, 0.15) is 31.2 Å². The summed E-state index contributed by atoms with van der Waals surface area (Å²) in [5.74, 6) is -3.17. The van der Waals surface area contributed by atoms with Gasteiger partial charge in [-0.3, -0.25) is 24.1 Å². The van der Waals surface area contributed by atoms with Crippen molar-refractivity contribution in [2.24, 2.45) is 17.8 Å². The van der Waals surface area contributed by atoms with Crippen LogP contribution >= 0.6 is 15.9 Å². The number of hydrogen-bond donors (Lipinski definition) is 1. The number of hydrogen-bond acceptors (Lipinski definition) is 7. The monoisotopic (exact) mass is 603 g/mol. The van der Waals surface area contributed by atoms with E-state index < -0.39 is 23.7 Å². The minimum absolute atomic E-state index is 0.0828. The Morgan fingerprint density at radius 2 is 1.60 bits per heavy atom. The maximum atomic E-state index is 14.0. The zero-order valence-corrected chi connectivity index (χ0v) is 23.7. The molecule has 6 rings (SSSR count). The lowest BCUT2D eigenvalue weighted by Crippen LogP contribution is -2.40. The smallest absolute Gasteiger partial charge is 0.238 e. The van der Waals surface area contributed by atoms with Crippen molar-refractivity contribution >= 4 is 45.0 Å². The van der Waals surface area contributed by atoms with Crippen molar-refractivity contribution in [1.29, 1.82) is 0 Å². The number of Topliss-reactive ketones (excluding diaryl/α,β-unsaturated/α-hetero) is 1. The second-order valence-corrected chi connectivity index (χ2v) is 11.4. The molecule has 3 aliphatic carbocycles. The molecule has 2 aromatic carbocycles. The zero-order valence-electron chi connectivity index (χ0n) is 22.1. The van der Waals surface area contributed by atoms with Gasteiger partial charge >= 0.3 is 0 Å². The number of halogens is 1. The fourth-order valence-electron chi connectivity index (χ4n) is 6.75. The number of carbonyl (C=O) groups excluding carboxylic acids is 4. The average molecular weight is 604 g/mol. The molecule has 204 valence electrons. The van der Waals surface area contributed by atoms with E-state index in [-0.39, 0.29) is 47.1 Å². The molecule has 9 heteroatoms. The van der Waals surface area contributed by atoms with Gasteiger partial charge in [0.2, 0.25) is 11.8 Å². The van der Waals surface area contributed by atoms with Gasteiger partial charge in [0.25, 0.3) is 0 Å². The van der Waals surface area contributed by atoms with E-state index in [2.05, 4.69) is 15.9 Å². The predicted molar refractivity (Wildman–Crippen MR) is 149 cm³/mol. The molecule has 1 aliphatic heterocycles. The highest BCUT2D eigenvalue weighted by molar-refractivity contribution is 9.10. The normalized spacial score (nSPS) is 25.8. The summed E-state index contributed by atoms with van der Waals surface area (Å²) >= 11 is 3.39. The van der Waals surface area contributed by atoms with Crippen LogP contribution < -0.4 is 14.4 Å². The second-order valence-electron chi connectivity index (χ2n) is 10.5. The van der Waals surface area contributed by atoms with Crippen molar-refractivity contribution in [3.63, 3.8) is 0 Å². The van der Waals surface area contributed by atoms with Crippen LogP contribution in [0.3, 0.4) is 0 Å². The minimum Gasteiger partial charge on any atom is -0.508 e. The van der Waals surface area contributed by atoms with Crippen molar-refractivity contribution in [3.05, 3.63) is 80.9 Å². The highest BCUT2D eigenvalue weighted by atomic mass is 79.9. The summed E-state index contributed by atoms with van der Waals surface area (Å²) in [4.78, 5) is 55.9. The Morgan fingerprint density at radius 3 is 2.23 bits per heavy atom. The van der Waals surface area contributed by atoms with Crippen molar-refractivity contribution in [2.45, 2.75) is 25.7 Å². The predicted octanol–water partition coefficient (Wildman–Crippen LogP) is 4.81. The van der Waals surface area contributed by atoms with Gasteiger partial charge in [0.05, 0.1) is 31.7 Å². The molecule has 0 bridgehead atoms. The first-order valence-corrected chi connectivity index (χ1v) is 13.7. The number of phenolic OH excluding ortho intramolecular Hbond substituents is 1. The van der Waals surface area contributed by atoms with Gasteiger partial charge in [-0.25, -0.2) is 0 Å². The van der Waals surface area contributed by atoms with Crippen LogP contribution in [0.25, 0.3) is 0 Å². The molecule has 1 N–H and O–H groups in total. The van der Waals surface area contributed by atoms with Gasteiger partial charge in [-0.15, -0.1) is 0 Å². The molecule has 1 saturated heterocycles. The van der Waals surface area contributed by atoms with Crippen molar-refractivity contribution in [1.82, 2.24) is 0 Å². The molecule has 0 spiro atoms. The molecule has 4 atom stereocenters. The number of methoxy groups -OCH3 is 2. The van der Waals surface area contributed by atoms with Crippen LogP contribution in [0.4, 0.5) is 5.69 Å². The van der Waals surface area contributed by atoms with Crippen molar-refractivity contribution < 1.29 is 33.8 Å². The van der Waals surface area contributed by atoms with E-state index in [1.54, 1.807) is 31.2 Å². The molecule has 4 aliphatic rings. The molecule has 0 saturated carbocycles. The Labute approximate surface area is 239 Å². The van der Waals surface area contributed by atoms with Gasteiger partial charge in [0.15, 0.2) is 11.6 Å². The Bertz CT molecular complexity index is 1570. The van der Waals surface area contributed by atoms with Crippen LogP contribution in [0, 0.1) is 17.8 Å². The average Bonchev–Trinajstić information content (AvgIpc) is 3.20. The topological polar surface area (TPSA) is 110 Å². The minimum atomic E-state index is -0.759. The van der Waals surface area contributed by atoms with Crippen LogP contribution in [-0.2, 0) is 19.2 Å². The first-order valence-electron chi connectivity index (χ1n) is 12.9. The zero-order chi connectivity index (χ0) is 28.5. The maximum absolute atomic E-state index is 14.0. The van der Waals surface area contributed by atoms with Gasteiger partial charge in [-0.2, -0.15) is 0 Å². The number of rotatable bonds is 4. The number of ether oxygens (including phenoxy) is 2. The molecule has 0 unspecified atom stereocenters. The summed E-state index contributed by atoms with van der Waals surface area (Å²) in [5.41, 5.74) is 2.74. The standard InChI is InChI=1S/C31H26BrNO7/c1-14-10-22(35)21-13-20-18(26(27(21)29(14)36)28-23(39-2)11-17(34)12-24(28)40-3)8-9-19-25(20)31(38)33(30(19)37)16-6-4-15(32)5-7-16/h4-8,10-12,19-20,25-26,34H,9,13H2,1-3H3/t19-,20+,25-,26-/m0/s1. The largest absolute Gasteiger partial charge is 0.508 e. The summed E-state index contributed by atoms with van der Waals surface area (Å²) in [6.45, 7) is 1.61. The Morgan fingerprint density at radius 1 is 0.950 bits per heavy atom. The fourth-order valence-corrected chi connectivity index (χ4v) is 7.01. The lowest BCUT2D eigenvalue weighted by molar-refractivity contribution is -0.123. The van der Waals surface area contributed by atoms with E-state index in [1.807, 2.05) is 6.08 Å². The molecule has 1 fully saturated rings. The van der Waals surface area contributed by atoms with E-state index in [0.717, 1.165) is 10.0 Å². The summed E-state index contributed by atoms with van der Waals surface area (Å²) in [6, 6.07) is 9.87. The molecule has 0 aromatic heterocycles. The van der Waals surface area contributed by atoms with Gasteiger partial charge in [0, 0.05) is 44.8 Å². The quantitative estimate of drug-likeness (QED) is 0.303. The lowest BCUT2D eigenvalue weighted by Gasteiger charge is -2.42. The molecule has 8 nitrogen and oxygen atoms in total. The number of aromatic hydroxyl groups is 1. The molecule has 2 amide bonds. The van der Waals surface area contributed by atoms with E-state index in [4.69, 9.17) is 9.47 Å². The third kappa shape index (κ3) is 3.78. The maximum Gasteiger partial charge on any atom is 0.238 e. The number of benzene rings is 2. The number of amides is 2. The van der Waals surface area contributed by atoms with Crippen LogP contribution in [0.5, 0.6) is 17.2 Å². The number of fused-ring (bicyclic) bond motifs is 3. The Kier molecular flexibility index (Phi) is 6.29. The van der Waals surface area contributed by atoms with Gasteiger partial charge in [-0.05, 0) is 56.0 Å². The summed E-state index contributed by atoms with van der Waals surface area (Å²) < 4.78 is 12.1. The summed E-state index contributed by atoms with van der Waals surface area (Å²) in [7, 11) is 2.90. The molecular formula is C31H26BrNO7. The number of nitrogens with zero attached hydrogens (tertiary/aromatic N) is 1. The third-order valence-corrected chi connectivity index (χ3v) is 9.00. The molecular weight excluding hydrogens is 578 g/mol. The van der Waals surface area contributed by atoms with E-state index in [1.165, 1.54) is 37.3 Å². The SMILES string of the molecule is COc1cc(O)cc(OC)c1[C@H]1C2=CC[C@@H]3C(=O)N(c4ccc(Br)cc4)C(=O)[C@@H]3[C@@H]2CC2=C1C(=O)C(C)=CC2=O. The number of imide groups is 1. The molecule has 1 heterocycles. The van der Waals surface area contributed by atoms with Crippen LogP contribution in [0.15, 0.2) is 75.3 Å². The van der Waals surface area contributed by atoms with Crippen molar-refractivity contribution in [3.8, 4) is 17.2 Å². The molecule has 0 radical (unpaired) electrons. The van der Waals surface area contributed by atoms with Gasteiger partial charge in [-0.1, -0.05) is 27.6 Å². The lowest BCUT2D eigenvalue weighted by atomic mass is 9.59. The van der Waals surface area contributed by atoms with Crippen LogP contribution in [0.2, 0.25) is 0 Å². The number of carbonyl (C=O) groups is 4. The molecule has 40 heavy (non-hydrogen) atoms. The van der Waals surface area contributed by atoms with E-state index in [9.17, 15) is 24.3 Å². The van der Waals surface area contributed by atoms with E-state index >= 15 is 0 Å². The first-order chi connectivity index (χ1) is 19.2. The Balaban J connectivity index is 1.54.